The molecule has 34 heavy (non-hydrogen) atoms. The summed E-state index contributed by atoms with van der Waals surface area (Å²) in [6.45, 7) is 23.8. The first kappa shape index (κ1) is 28.1. The number of carboxylic acid groups (broad SMARTS) is 2. The standard InChI is InChI=1S/C30H46O4/c1-19(2)23-11-9-21(5)25(29(23,7)17-15-27(31)32)13-14-26-22(6)10-12-24(20(3)4)30(26,8)18-16-28(33)34/h10,23-26H,1,3,5,9,11-18H2,2,4,6-8H3,(H,31,32)(H,33,34)/t23-,24+,25-,26+,29-,30+/m0/s1. The second kappa shape index (κ2) is 11.1. The first-order chi connectivity index (χ1) is 15.7. The largest absolute Gasteiger partial charge is 0.481 e. The molecule has 0 aromatic heterocycles. The SMILES string of the molecule is C=C(C)[C@H]1CC=C(C)[C@@H](CC[C@H]2C(=C)CC[C@@H](C(=C)C)[C@]2(C)CCC(=O)O)[C@]1(C)CCC(=O)O. The Labute approximate surface area is 206 Å². The fraction of sp³-hybridized carbons (Fsp3) is 0.667. The Hall–Kier alpha value is -2.10. The summed E-state index contributed by atoms with van der Waals surface area (Å²) in [7, 11) is 0. The summed E-state index contributed by atoms with van der Waals surface area (Å²) in [5, 5.41) is 18.9. The van der Waals surface area contributed by atoms with Crippen LogP contribution >= 0.6 is 0 Å². The van der Waals surface area contributed by atoms with Crippen molar-refractivity contribution in [2.24, 2.45) is 34.5 Å². The van der Waals surface area contributed by atoms with Gasteiger partial charge in [0.1, 0.15) is 0 Å². The minimum Gasteiger partial charge on any atom is -0.481 e. The highest BCUT2D eigenvalue weighted by Gasteiger charge is 2.48. The molecule has 6 atom stereocenters. The van der Waals surface area contributed by atoms with Crippen molar-refractivity contribution in [2.45, 2.75) is 92.4 Å². The number of hydrogen-bond acceptors (Lipinski definition) is 2. The van der Waals surface area contributed by atoms with Crippen molar-refractivity contribution in [2.75, 3.05) is 0 Å². The third-order valence-electron chi connectivity index (χ3n) is 9.35. The molecular weight excluding hydrogens is 424 g/mol. The van der Waals surface area contributed by atoms with Crippen LogP contribution in [0.1, 0.15) is 92.4 Å². The quantitative estimate of drug-likeness (QED) is 0.302. The van der Waals surface area contributed by atoms with Gasteiger partial charge < -0.3 is 10.2 Å². The third-order valence-corrected chi connectivity index (χ3v) is 9.35. The average molecular weight is 471 g/mol. The topological polar surface area (TPSA) is 74.6 Å². The number of rotatable bonds is 11. The number of allylic oxidation sites excluding steroid dienone is 5. The zero-order valence-electron chi connectivity index (χ0n) is 22.1. The van der Waals surface area contributed by atoms with Gasteiger partial charge in [0.05, 0.1) is 0 Å². The molecule has 0 heterocycles. The molecule has 190 valence electrons. The summed E-state index contributed by atoms with van der Waals surface area (Å²) in [5.41, 5.74) is 4.48. The predicted molar refractivity (Wildman–Crippen MR) is 140 cm³/mol. The van der Waals surface area contributed by atoms with Crippen LogP contribution in [-0.4, -0.2) is 22.2 Å². The molecule has 2 aliphatic carbocycles. The monoisotopic (exact) mass is 470 g/mol. The maximum Gasteiger partial charge on any atom is 0.303 e. The van der Waals surface area contributed by atoms with Crippen molar-refractivity contribution in [1.29, 1.82) is 0 Å². The number of aliphatic carboxylic acids is 2. The van der Waals surface area contributed by atoms with Gasteiger partial charge in [-0.1, -0.05) is 62.0 Å². The van der Waals surface area contributed by atoms with Crippen molar-refractivity contribution in [3.8, 4) is 0 Å². The van der Waals surface area contributed by atoms with Gasteiger partial charge in [-0.15, -0.1) is 0 Å². The van der Waals surface area contributed by atoms with Crippen molar-refractivity contribution < 1.29 is 19.8 Å². The summed E-state index contributed by atoms with van der Waals surface area (Å²) < 4.78 is 0. The normalized spacial score (nSPS) is 33.8. The molecule has 4 heteroatoms. The second-order valence-electron chi connectivity index (χ2n) is 11.7. The van der Waals surface area contributed by atoms with E-state index in [0.717, 1.165) is 43.3 Å². The molecule has 0 spiro atoms. The molecule has 0 bridgehead atoms. The first-order valence-corrected chi connectivity index (χ1v) is 12.8. The highest BCUT2D eigenvalue weighted by atomic mass is 16.4. The van der Waals surface area contributed by atoms with E-state index in [1.54, 1.807) is 0 Å². The highest BCUT2D eigenvalue weighted by Crippen LogP contribution is 2.57. The van der Waals surface area contributed by atoms with E-state index in [1.807, 2.05) is 0 Å². The van der Waals surface area contributed by atoms with Crippen LogP contribution in [0.25, 0.3) is 0 Å². The van der Waals surface area contributed by atoms with Crippen molar-refractivity contribution in [1.82, 2.24) is 0 Å². The van der Waals surface area contributed by atoms with E-state index in [-0.39, 0.29) is 47.3 Å². The minimum absolute atomic E-state index is 0.153. The maximum atomic E-state index is 11.5. The fourth-order valence-electron chi connectivity index (χ4n) is 7.47. The van der Waals surface area contributed by atoms with Crippen molar-refractivity contribution in [3.05, 3.63) is 48.1 Å². The zero-order chi connectivity index (χ0) is 25.8. The van der Waals surface area contributed by atoms with Gasteiger partial charge in [-0.25, -0.2) is 0 Å². The zero-order valence-corrected chi connectivity index (χ0v) is 22.1. The number of carboxylic acids is 2. The second-order valence-corrected chi connectivity index (χ2v) is 11.7. The minimum atomic E-state index is -0.756. The Morgan fingerprint density at radius 2 is 1.41 bits per heavy atom. The lowest BCUT2D eigenvalue weighted by Crippen LogP contribution is -2.43. The van der Waals surface area contributed by atoms with Crippen LogP contribution in [-0.2, 0) is 9.59 Å². The highest BCUT2D eigenvalue weighted by molar-refractivity contribution is 5.67. The van der Waals surface area contributed by atoms with Crippen molar-refractivity contribution >= 4 is 11.9 Å². The average Bonchev–Trinajstić information content (AvgIpc) is 2.72. The van der Waals surface area contributed by atoms with Gasteiger partial charge in [0.25, 0.3) is 0 Å². The fourth-order valence-corrected chi connectivity index (χ4v) is 7.47. The van der Waals surface area contributed by atoms with Crippen LogP contribution < -0.4 is 0 Å². The van der Waals surface area contributed by atoms with E-state index >= 15 is 0 Å². The van der Waals surface area contributed by atoms with Crippen LogP contribution in [0.2, 0.25) is 0 Å². The van der Waals surface area contributed by atoms with Gasteiger partial charge >= 0.3 is 11.9 Å². The van der Waals surface area contributed by atoms with Crippen LogP contribution in [0, 0.1) is 34.5 Å². The van der Waals surface area contributed by atoms with Gasteiger partial charge in [-0.05, 0) is 100 Å². The van der Waals surface area contributed by atoms with Gasteiger partial charge in [0.2, 0.25) is 0 Å². The Kier molecular flexibility index (Phi) is 9.18. The maximum absolute atomic E-state index is 11.5. The van der Waals surface area contributed by atoms with Crippen LogP contribution in [0.15, 0.2) is 48.1 Å². The van der Waals surface area contributed by atoms with Gasteiger partial charge in [0, 0.05) is 12.8 Å². The van der Waals surface area contributed by atoms with E-state index < -0.39 is 11.9 Å². The van der Waals surface area contributed by atoms with E-state index in [9.17, 15) is 19.8 Å². The summed E-state index contributed by atoms with van der Waals surface area (Å²) in [5.74, 6) is -0.469. The summed E-state index contributed by atoms with van der Waals surface area (Å²) >= 11 is 0. The van der Waals surface area contributed by atoms with Gasteiger partial charge in [-0.3, -0.25) is 9.59 Å². The van der Waals surface area contributed by atoms with Crippen LogP contribution in [0.4, 0.5) is 0 Å². The molecule has 0 unspecified atom stereocenters. The molecule has 4 nitrogen and oxygen atoms in total. The molecule has 2 N–H and O–H groups in total. The molecule has 1 fully saturated rings. The molecule has 1 saturated carbocycles. The van der Waals surface area contributed by atoms with Crippen LogP contribution in [0.3, 0.4) is 0 Å². The lowest BCUT2D eigenvalue weighted by molar-refractivity contribution is -0.139. The van der Waals surface area contributed by atoms with Crippen LogP contribution in [0.5, 0.6) is 0 Å². The van der Waals surface area contributed by atoms with E-state index in [0.29, 0.717) is 12.8 Å². The van der Waals surface area contributed by atoms with E-state index in [1.165, 1.54) is 11.1 Å². The number of carbonyl (C=O) groups is 2. The van der Waals surface area contributed by atoms with E-state index in [2.05, 4.69) is 60.4 Å². The third kappa shape index (κ3) is 5.93. The van der Waals surface area contributed by atoms with E-state index in [4.69, 9.17) is 0 Å². The molecule has 2 rings (SSSR count). The Bertz CT molecular complexity index is 865. The Morgan fingerprint density at radius 3 is 1.88 bits per heavy atom. The molecule has 2 aliphatic rings. The van der Waals surface area contributed by atoms with Gasteiger partial charge in [-0.2, -0.15) is 0 Å². The summed E-state index contributed by atoms with van der Waals surface area (Å²) in [6.07, 6.45) is 8.61. The molecule has 0 aromatic carbocycles. The molecule has 0 radical (unpaired) electrons. The lowest BCUT2D eigenvalue weighted by Gasteiger charge is -2.52. The smallest absolute Gasteiger partial charge is 0.303 e. The Morgan fingerprint density at radius 1 is 0.941 bits per heavy atom. The molecule has 0 saturated heterocycles. The summed E-state index contributed by atoms with van der Waals surface area (Å²) in [6, 6.07) is 0. The molecule has 0 aromatic rings. The summed E-state index contributed by atoms with van der Waals surface area (Å²) in [4.78, 5) is 23.0. The molecular formula is C30H46O4. The van der Waals surface area contributed by atoms with Gasteiger partial charge in [0.15, 0.2) is 0 Å². The Balaban J connectivity index is 2.38. The predicted octanol–water partition coefficient (Wildman–Crippen LogP) is 7.83. The first-order valence-electron chi connectivity index (χ1n) is 12.8. The molecule has 0 amide bonds. The van der Waals surface area contributed by atoms with Crippen molar-refractivity contribution in [3.63, 3.8) is 0 Å². The lowest BCUT2D eigenvalue weighted by atomic mass is 9.53. The number of hydrogen-bond donors (Lipinski definition) is 2. The molecule has 0 aliphatic heterocycles.